The molecular formula is C15H22N2O. The number of carbonyl (C=O) groups is 1. The molecule has 0 spiro atoms. The predicted octanol–water partition coefficient (Wildman–Crippen LogP) is 3.18. The molecule has 1 amide bonds. The Morgan fingerprint density at radius 2 is 1.83 bits per heavy atom. The number of aryl methyl sites for hydroxylation is 3. The Kier molecular flexibility index (Phi) is 4.54. The summed E-state index contributed by atoms with van der Waals surface area (Å²) < 4.78 is 2.01. The second kappa shape index (κ2) is 5.71. The van der Waals surface area contributed by atoms with Crippen molar-refractivity contribution in [3.05, 3.63) is 35.0 Å². The van der Waals surface area contributed by atoms with Gasteiger partial charge in [0.25, 0.3) is 5.91 Å². The van der Waals surface area contributed by atoms with Crippen LogP contribution in [-0.2, 0) is 7.05 Å². The molecule has 0 aliphatic heterocycles. The third kappa shape index (κ3) is 2.40. The maximum atomic E-state index is 11.7. The van der Waals surface area contributed by atoms with Gasteiger partial charge in [0.05, 0.1) is 11.1 Å². The summed E-state index contributed by atoms with van der Waals surface area (Å²) in [4.78, 5) is 11.7. The normalized spacial score (nSPS) is 9.89. The monoisotopic (exact) mass is 246 g/mol. The van der Waals surface area contributed by atoms with Gasteiger partial charge < -0.3 is 9.88 Å². The molecule has 1 heterocycles. The van der Waals surface area contributed by atoms with Crippen molar-refractivity contribution in [2.75, 3.05) is 7.05 Å². The SMILES string of the molecule is CC.CNC(=O)c1cn(C)c2c(C)cc(C)cc12. The zero-order valence-corrected chi connectivity index (χ0v) is 12.1. The van der Waals surface area contributed by atoms with E-state index < -0.39 is 0 Å². The van der Waals surface area contributed by atoms with Crippen LogP contribution in [-0.4, -0.2) is 17.5 Å². The second-order valence-electron chi connectivity index (χ2n) is 4.21. The van der Waals surface area contributed by atoms with E-state index >= 15 is 0 Å². The van der Waals surface area contributed by atoms with Crippen molar-refractivity contribution in [1.29, 1.82) is 0 Å². The summed E-state index contributed by atoms with van der Waals surface area (Å²) in [6, 6.07) is 4.20. The van der Waals surface area contributed by atoms with Crippen LogP contribution in [0.4, 0.5) is 0 Å². The van der Waals surface area contributed by atoms with E-state index in [0.29, 0.717) is 0 Å². The molecule has 2 rings (SSSR count). The highest BCUT2D eigenvalue weighted by molar-refractivity contribution is 6.07. The average molecular weight is 246 g/mol. The van der Waals surface area contributed by atoms with E-state index in [4.69, 9.17) is 0 Å². The van der Waals surface area contributed by atoms with Crippen molar-refractivity contribution in [2.45, 2.75) is 27.7 Å². The first-order valence-corrected chi connectivity index (χ1v) is 6.33. The van der Waals surface area contributed by atoms with Crippen LogP contribution in [0.5, 0.6) is 0 Å². The van der Waals surface area contributed by atoms with E-state index in [2.05, 4.69) is 24.4 Å². The summed E-state index contributed by atoms with van der Waals surface area (Å²) in [7, 11) is 3.63. The molecule has 0 fully saturated rings. The molecule has 18 heavy (non-hydrogen) atoms. The molecular weight excluding hydrogens is 224 g/mol. The van der Waals surface area contributed by atoms with Gasteiger partial charge in [-0.1, -0.05) is 25.5 Å². The van der Waals surface area contributed by atoms with E-state index in [1.54, 1.807) is 7.05 Å². The summed E-state index contributed by atoms with van der Waals surface area (Å²) in [6.45, 7) is 8.12. The Morgan fingerprint density at radius 1 is 1.22 bits per heavy atom. The number of fused-ring (bicyclic) bond motifs is 1. The molecule has 0 aliphatic carbocycles. The lowest BCUT2D eigenvalue weighted by atomic mass is 10.1. The zero-order valence-electron chi connectivity index (χ0n) is 12.1. The number of aromatic nitrogens is 1. The molecule has 0 aliphatic rings. The van der Waals surface area contributed by atoms with Gasteiger partial charge in [-0.05, 0) is 25.5 Å². The van der Waals surface area contributed by atoms with Crippen LogP contribution in [0.3, 0.4) is 0 Å². The molecule has 3 nitrogen and oxygen atoms in total. The fourth-order valence-corrected chi connectivity index (χ4v) is 2.28. The number of benzene rings is 1. The summed E-state index contributed by atoms with van der Waals surface area (Å²) in [5.74, 6) is -0.0319. The van der Waals surface area contributed by atoms with Gasteiger partial charge in [-0.15, -0.1) is 0 Å². The highest BCUT2D eigenvalue weighted by atomic mass is 16.1. The lowest BCUT2D eigenvalue weighted by Crippen LogP contribution is -2.17. The predicted molar refractivity (Wildman–Crippen MR) is 77.1 cm³/mol. The molecule has 0 atom stereocenters. The molecule has 0 radical (unpaired) electrons. The first-order valence-electron chi connectivity index (χ1n) is 6.33. The minimum absolute atomic E-state index is 0.0319. The van der Waals surface area contributed by atoms with Crippen LogP contribution in [0.1, 0.15) is 35.3 Å². The minimum Gasteiger partial charge on any atom is -0.355 e. The first kappa shape index (κ1) is 14.3. The Morgan fingerprint density at radius 3 is 2.39 bits per heavy atom. The molecule has 0 unspecified atom stereocenters. The van der Waals surface area contributed by atoms with Crippen LogP contribution < -0.4 is 5.32 Å². The van der Waals surface area contributed by atoms with E-state index in [1.165, 1.54) is 11.1 Å². The topological polar surface area (TPSA) is 34.0 Å². The Balaban J connectivity index is 0.000000771. The number of hydrogen-bond acceptors (Lipinski definition) is 1. The Labute approximate surface area is 109 Å². The molecule has 0 saturated carbocycles. The number of nitrogens with one attached hydrogen (secondary N) is 1. The number of nitrogens with zero attached hydrogens (tertiary/aromatic N) is 1. The molecule has 2 aromatic rings. The number of rotatable bonds is 1. The lowest BCUT2D eigenvalue weighted by Gasteiger charge is -2.03. The molecule has 1 aromatic heterocycles. The maximum absolute atomic E-state index is 11.7. The Hall–Kier alpha value is -1.77. The van der Waals surface area contributed by atoms with E-state index in [-0.39, 0.29) is 5.91 Å². The van der Waals surface area contributed by atoms with Gasteiger partial charge in [0.15, 0.2) is 0 Å². The van der Waals surface area contributed by atoms with Gasteiger partial charge in [0.2, 0.25) is 0 Å². The van der Waals surface area contributed by atoms with Gasteiger partial charge in [0.1, 0.15) is 0 Å². The molecule has 0 saturated heterocycles. The van der Waals surface area contributed by atoms with Crippen molar-refractivity contribution >= 4 is 16.8 Å². The lowest BCUT2D eigenvalue weighted by molar-refractivity contribution is 0.0964. The highest BCUT2D eigenvalue weighted by Crippen LogP contribution is 2.25. The summed E-state index contributed by atoms with van der Waals surface area (Å²) >= 11 is 0. The van der Waals surface area contributed by atoms with Crippen molar-refractivity contribution in [1.82, 2.24) is 9.88 Å². The molecule has 98 valence electrons. The van der Waals surface area contributed by atoms with Crippen molar-refractivity contribution in [3.63, 3.8) is 0 Å². The van der Waals surface area contributed by atoms with Gasteiger partial charge in [0, 0.05) is 25.7 Å². The van der Waals surface area contributed by atoms with Crippen LogP contribution in [0.15, 0.2) is 18.3 Å². The largest absolute Gasteiger partial charge is 0.355 e. The van der Waals surface area contributed by atoms with E-state index in [0.717, 1.165) is 16.5 Å². The second-order valence-corrected chi connectivity index (χ2v) is 4.21. The van der Waals surface area contributed by atoms with E-state index in [1.807, 2.05) is 38.6 Å². The molecule has 1 N–H and O–H groups in total. The minimum atomic E-state index is -0.0319. The maximum Gasteiger partial charge on any atom is 0.253 e. The zero-order chi connectivity index (χ0) is 13.9. The van der Waals surface area contributed by atoms with Crippen LogP contribution in [0.25, 0.3) is 10.9 Å². The van der Waals surface area contributed by atoms with Crippen LogP contribution >= 0.6 is 0 Å². The van der Waals surface area contributed by atoms with Gasteiger partial charge in [-0.2, -0.15) is 0 Å². The smallest absolute Gasteiger partial charge is 0.253 e. The first-order chi connectivity index (χ1) is 8.54. The number of carbonyl (C=O) groups excluding carboxylic acids is 1. The van der Waals surface area contributed by atoms with E-state index in [9.17, 15) is 4.79 Å². The van der Waals surface area contributed by atoms with Crippen molar-refractivity contribution < 1.29 is 4.79 Å². The summed E-state index contributed by atoms with van der Waals surface area (Å²) in [6.07, 6.45) is 1.88. The molecule has 3 heteroatoms. The third-order valence-electron chi connectivity index (χ3n) is 2.88. The van der Waals surface area contributed by atoms with Gasteiger partial charge in [-0.25, -0.2) is 0 Å². The van der Waals surface area contributed by atoms with Gasteiger partial charge >= 0.3 is 0 Å². The average Bonchev–Trinajstić information content (AvgIpc) is 2.68. The third-order valence-corrected chi connectivity index (χ3v) is 2.88. The standard InChI is InChI=1S/C13H16N2O.C2H6/c1-8-5-9(2)12-10(6-8)11(7-15(12)4)13(16)14-3;1-2/h5-7H,1-4H3,(H,14,16);1-2H3. The van der Waals surface area contributed by atoms with Crippen molar-refractivity contribution in [2.24, 2.45) is 7.05 Å². The number of amides is 1. The summed E-state index contributed by atoms with van der Waals surface area (Å²) in [5, 5.41) is 3.70. The fraction of sp³-hybridized carbons (Fsp3) is 0.400. The molecule has 1 aromatic carbocycles. The van der Waals surface area contributed by atoms with Crippen molar-refractivity contribution in [3.8, 4) is 0 Å². The quantitative estimate of drug-likeness (QED) is 0.824. The van der Waals surface area contributed by atoms with Gasteiger partial charge in [-0.3, -0.25) is 4.79 Å². The summed E-state index contributed by atoms with van der Waals surface area (Å²) in [5.41, 5.74) is 4.25. The fourth-order valence-electron chi connectivity index (χ4n) is 2.28. The number of hydrogen-bond donors (Lipinski definition) is 1. The van der Waals surface area contributed by atoms with Crippen LogP contribution in [0.2, 0.25) is 0 Å². The Bertz CT molecular complexity index is 567. The highest BCUT2D eigenvalue weighted by Gasteiger charge is 2.14. The molecule has 0 bridgehead atoms. The van der Waals surface area contributed by atoms with Crippen LogP contribution in [0, 0.1) is 13.8 Å².